The summed E-state index contributed by atoms with van der Waals surface area (Å²) in [5.41, 5.74) is 1.81. The van der Waals surface area contributed by atoms with Crippen molar-refractivity contribution in [2.24, 2.45) is 0 Å². The summed E-state index contributed by atoms with van der Waals surface area (Å²) in [7, 11) is 0. The maximum atomic E-state index is 12.8. The molecular weight excluding hydrogens is 330 g/mol. The maximum absolute atomic E-state index is 12.8. The summed E-state index contributed by atoms with van der Waals surface area (Å²) in [5.74, 6) is -1.54. The second-order valence-corrected chi connectivity index (χ2v) is 5.38. The zero-order valence-corrected chi connectivity index (χ0v) is 14.1. The summed E-state index contributed by atoms with van der Waals surface area (Å²) in [6.45, 7) is 2.16. The van der Waals surface area contributed by atoms with Gasteiger partial charge in [0, 0.05) is 17.0 Å². The molecule has 0 saturated heterocycles. The van der Waals surface area contributed by atoms with E-state index in [1.54, 1.807) is 39.0 Å². The van der Waals surface area contributed by atoms with Gasteiger partial charge in [-0.15, -0.1) is 0 Å². The molecule has 132 valence electrons. The van der Waals surface area contributed by atoms with Crippen molar-refractivity contribution in [2.75, 3.05) is 6.61 Å². The molecule has 0 amide bonds. The Morgan fingerprint density at radius 2 is 2.00 bits per heavy atom. The standard InChI is InChI=1S/C18H18F2N2O3/c1-4-24-17(23)15-11(3)22-10(2)13(9-21)16(15)12-7-5-6-8-14(12)25-18(19)20/h5-8,16,18,22H,4H2,1-3H3. The van der Waals surface area contributed by atoms with E-state index in [-0.39, 0.29) is 23.5 Å². The van der Waals surface area contributed by atoms with Crippen molar-refractivity contribution in [3.8, 4) is 11.8 Å². The lowest BCUT2D eigenvalue weighted by Gasteiger charge is -2.29. The van der Waals surface area contributed by atoms with E-state index in [0.717, 1.165) is 0 Å². The average molecular weight is 348 g/mol. The number of hydrogen-bond donors (Lipinski definition) is 1. The molecule has 7 heteroatoms. The molecule has 1 atom stereocenters. The Bertz CT molecular complexity index is 779. The number of ether oxygens (including phenoxy) is 2. The minimum Gasteiger partial charge on any atom is -0.463 e. The number of dihydropyridines is 1. The molecule has 0 aromatic heterocycles. The Morgan fingerprint density at radius 1 is 1.32 bits per heavy atom. The van der Waals surface area contributed by atoms with Crippen LogP contribution < -0.4 is 10.1 Å². The first kappa shape index (κ1) is 18.5. The third-order valence-electron chi connectivity index (χ3n) is 3.82. The zero-order valence-electron chi connectivity index (χ0n) is 14.1. The van der Waals surface area contributed by atoms with Crippen LogP contribution in [-0.4, -0.2) is 19.2 Å². The van der Waals surface area contributed by atoms with Crippen molar-refractivity contribution in [3.05, 3.63) is 52.4 Å². The zero-order chi connectivity index (χ0) is 18.6. The minimum absolute atomic E-state index is 0.0838. The van der Waals surface area contributed by atoms with Gasteiger partial charge in [0.25, 0.3) is 0 Å². The minimum atomic E-state index is -3.02. The van der Waals surface area contributed by atoms with Crippen LogP contribution in [0.3, 0.4) is 0 Å². The Kier molecular flexibility index (Phi) is 5.75. The smallest absolute Gasteiger partial charge is 0.387 e. The molecule has 0 radical (unpaired) electrons. The van der Waals surface area contributed by atoms with E-state index in [1.807, 2.05) is 0 Å². The third kappa shape index (κ3) is 3.79. The molecule has 1 unspecified atom stereocenters. The van der Waals surface area contributed by atoms with Crippen LogP contribution in [0, 0.1) is 11.3 Å². The number of nitrogens with one attached hydrogen (secondary N) is 1. The van der Waals surface area contributed by atoms with E-state index in [9.17, 15) is 18.8 Å². The molecule has 1 N–H and O–H groups in total. The van der Waals surface area contributed by atoms with Crippen LogP contribution in [-0.2, 0) is 9.53 Å². The van der Waals surface area contributed by atoms with Crippen LogP contribution in [0.5, 0.6) is 5.75 Å². The average Bonchev–Trinajstić information content (AvgIpc) is 2.54. The van der Waals surface area contributed by atoms with E-state index >= 15 is 0 Å². The molecule has 1 aliphatic rings. The Hall–Kier alpha value is -2.88. The van der Waals surface area contributed by atoms with Crippen LogP contribution in [0.1, 0.15) is 32.3 Å². The normalized spacial score (nSPS) is 17.2. The summed E-state index contributed by atoms with van der Waals surface area (Å²) in [5, 5.41) is 12.5. The van der Waals surface area contributed by atoms with Crippen LogP contribution in [0.25, 0.3) is 0 Å². The first-order valence-electron chi connectivity index (χ1n) is 7.70. The molecule has 0 spiro atoms. The molecule has 1 heterocycles. The number of carbonyl (C=O) groups excluding carboxylic acids is 1. The number of rotatable bonds is 5. The number of esters is 1. The molecule has 1 aliphatic heterocycles. The van der Waals surface area contributed by atoms with Gasteiger partial charge in [0.2, 0.25) is 0 Å². The summed E-state index contributed by atoms with van der Waals surface area (Å²) >= 11 is 0. The van der Waals surface area contributed by atoms with Gasteiger partial charge < -0.3 is 14.8 Å². The second kappa shape index (κ2) is 7.79. The Labute approximate surface area is 144 Å². The van der Waals surface area contributed by atoms with E-state index < -0.39 is 18.5 Å². The summed E-state index contributed by atoms with van der Waals surface area (Å²) in [4.78, 5) is 12.5. The number of nitriles is 1. The molecule has 0 bridgehead atoms. The second-order valence-electron chi connectivity index (χ2n) is 5.38. The van der Waals surface area contributed by atoms with Crippen molar-refractivity contribution in [1.82, 2.24) is 5.32 Å². The fourth-order valence-corrected chi connectivity index (χ4v) is 2.85. The highest BCUT2D eigenvalue weighted by molar-refractivity contribution is 5.93. The van der Waals surface area contributed by atoms with Crippen molar-refractivity contribution >= 4 is 5.97 Å². The van der Waals surface area contributed by atoms with E-state index in [2.05, 4.69) is 16.1 Å². The van der Waals surface area contributed by atoms with Crippen molar-refractivity contribution in [1.29, 1.82) is 5.26 Å². The van der Waals surface area contributed by atoms with Gasteiger partial charge in [-0.2, -0.15) is 14.0 Å². The number of para-hydroxylation sites is 1. The Morgan fingerprint density at radius 3 is 2.60 bits per heavy atom. The lowest BCUT2D eigenvalue weighted by Crippen LogP contribution is -2.29. The highest BCUT2D eigenvalue weighted by atomic mass is 19.3. The van der Waals surface area contributed by atoms with Crippen molar-refractivity contribution in [2.45, 2.75) is 33.3 Å². The lowest BCUT2D eigenvalue weighted by atomic mass is 9.80. The fourth-order valence-electron chi connectivity index (χ4n) is 2.85. The first-order valence-corrected chi connectivity index (χ1v) is 7.70. The molecule has 0 fully saturated rings. The van der Waals surface area contributed by atoms with E-state index in [1.165, 1.54) is 6.07 Å². The van der Waals surface area contributed by atoms with Gasteiger partial charge >= 0.3 is 12.6 Å². The number of alkyl halides is 2. The molecule has 1 aromatic carbocycles. The fraction of sp³-hybridized carbons (Fsp3) is 0.333. The van der Waals surface area contributed by atoms with Crippen LogP contribution in [0.2, 0.25) is 0 Å². The van der Waals surface area contributed by atoms with Gasteiger partial charge in [0.05, 0.1) is 29.7 Å². The van der Waals surface area contributed by atoms with Gasteiger partial charge in [-0.3, -0.25) is 0 Å². The van der Waals surface area contributed by atoms with Gasteiger partial charge in [-0.25, -0.2) is 4.79 Å². The van der Waals surface area contributed by atoms with E-state index in [0.29, 0.717) is 17.0 Å². The summed E-state index contributed by atoms with van der Waals surface area (Å²) in [6, 6.07) is 8.19. The quantitative estimate of drug-likeness (QED) is 0.823. The highest BCUT2D eigenvalue weighted by Gasteiger charge is 2.36. The lowest BCUT2D eigenvalue weighted by molar-refractivity contribution is -0.138. The number of benzene rings is 1. The van der Waals surface area contributed by atoms with E-state index in [4.69, 9.17) is 4.74 Å². The first-order chi connectivity index (χ1) is 11.9. The molecule has 1 aromatic rings. The van der Waals surface area contributed by atoms with Gasteiger partial charge in [0.15, 0.2) is 0 Å². The van der Waals surface area contributed by atoms with Gasteiger partial charge in [0.1, 0.15) is 5.75 Å². The number of carbonyl (C=O) groups is 1. The third-order valence-corrected chi connectivity index (χ3v) is 3.82. The number of halogens is 2. The molecule has 2 rings (SSSR count). The molecule has 5 nitrogen and oxygen atoms in total. The van der Waals surface area contributed by atoms with Crippen LogP contribution >= 0.6 is 0 Å². The van der Waals surface area contributed by atoms with Gasteiger partial charge in [-0.1, -0.05) is 18.2 Å². The SMILES string of the molecule is CCOC(=O)C1=C(C)NC(C)=C(C#N)C1c1ccccc1OC(F)F. The van der Waals surface area contributed by atoms with Crippen molar-refractivity contribution < 1.29 is 23.0 Å². The Balaban J connectivity index is 2.66. The molecule has 25 heavy (non-hydrogen) atoms. The van der Waals surface area contributed by atoms with Gasteiger partial charge in [-0.05, 0) is 26.8 Å². The topological polar surface area (TPSA) is 71.3 Å². The number of allylic oxidation sites excluding steroid dienone is 3. The van der Waals surface area contributed by atoms with Crippen molar-refractivity contribution in [3.63, 3.8) is 0 Å². The molecular formula is C18H18F2N2O3. The molecule has 0 aliphatic carbocycles. The predicted octanol–water partition coefficient (Wildman–Crippen LogP) is 3.61. The molecule has 0 saturated carbocycles. The predicted molar refractivity (Wildman–Crippen MR) is 86.6 cm³/mol. The highest BCUT2D eigenvalue weighted by Crippen LogP contribution is 2.42. The van der Waals surface area contributed by atoms with Crippen LogP contribution in [0.4, 0.5) is 8.78 Å². The summed E-state index contributed by atoms with van der Waals surface area (Å²) in [6.07, 6.45) is 0. The number of nitrogens with zero attached hydrogens (tertiary/aromatic N) is 1. The summed E-state index contributed by atoms with van der Waals surface area (Å²) < 4.78 is 35.2. The maximum Gasteiger partial charge on any atom is 0.387 e. The number of hydrogen-bond acceptors (Lipinski definition) is 5. The van der Waals surface area contributed by atoms with Crippen LogP contribution in [0.15, 0.2) is 46.8 Å². The monoisotopic (exact) mass is 348 g/mol. The largest absolute Gasteiger partial charge is 0.463 e.